The van der Waals surface area contributed by atoms with E-state index in [1.165, 1.54) is 5.56 Å². The van der Waals surface area contributed by atoms with Crippen LogP contribution in [0.1, 0.15) is 54.0 Å². The van der Waals surface area contributed by atoms with Crippen molar-refractivity contribution in [3.63, 3.8) is 0 Å². The van der Waals surface area contributed by atoms with Gasteiger partial charge in [-0.05, 0) is 31.2 Å². The van der Waals surface area contributed by atoms with Crippen LogP contribution in [-0.4, -0.2) is 34.9 Å². The smallest absolute Gasteiger partial charge is 0.255 e. The molecule has 1 aromatic carbocycles. The number of hydrogen-bond acceptors (Lipinski definition) is 3. The number of aryl methyl sites for hydroxylation is 1. The molecule has 1 amide bonds. The summed E-state index contributed by atoms with van der Waals surface area (Å²) in [7, 11) is 0. The number of ether oxygens (including phenoxy) is 1. The van der Waals surface area contributed by atoms with Crippen LogP contribution in [0.15, 0.2) is 30.3 Å². The number of nitrogens with zero attached hydrogens (tertiary/aromatic N) is 2. The highest BCUT2D eigenvalue weighted by Crippen LogP contribution is 2.18. The number of rotatable bonds is 7. The molecule has 134 valence electrons. The zero-order valence-corrected chi connectivity index (χ0v) is 15.1. The molecule has 1 fully saturated rings. The Kier molecular flexibility index (Phi) is 5.87. The van der Waals surface area contributed by atoms with Gasteiger partial charge in [0.2, 0.25) is 0 Å². The van der Waals surface area contributed by atoms with Gasteiger partial charge in [-0.1, -0.05) is 44.2 Å². The molecule has 0 aliphatic carbocycles. The minimum Gasteiger partial charge on any atom is -0.376 e. The van der Waals surface area contributed by atoms with Crippen LogP contribution in [0.25, 0.3) is 0 Å². The maximum Gasteiger partial charge on any atom is 0.255 e. The molecule has 0 bridgehead atoms. The van der Waals surface area contributed by atoms with Crippen molar-refractivity contribution in [3.05, 3.63) is 52.8 Å². The number of carbonyl (C=O) groups is 1. The molecule has 1 N–H and O–H groups in total. The van der Waals surface area contributed by atoms with E-state index in [0.29, 0.717) is 13.1 Å². The average Bonchev–Trinajstić information content (AvgIpc) is 3.27. The minimum absolute atomic E-state index is 0.0245. The van der Waals surface area contributed by atoms with E-state index < -0.39 is 0 Å². The van der Waals surface area contributed by atoms with Crippen LogP contribution in [0.3, 0.4) is 0 Å². The Morgan fingerprint density at radius 2 is 2.08 bits per heavy atom. The zero-order chi connectivity index (χ0) is 17.6. The number of aromatic nitrogens is 2. The van der Waals surface area contributed by atoms with E-state index in [4.69, 9.17) is 9.84 Å². The van der Waals surface area contributed by atoms with Gasteiger partial charge in [-0.3, -0.25) is 9.48 Å². The van der Waals surface area contributed by atoms with Gasteiger partial charge in [-0.15, -0.1) is 0 Å². The third-order valence-corrected chi connectivity index (χ3v) is 4.72. The number of benzene rings is 1. The maximum absolute atomic E-state index is 12.8. The van der Waals surface area contributed by atoms with Gasteiger partial charge in [0.15, 0.2) is 0 Å². The maximum atomic E-state index is 12.8. The molecule has 2 aromatic rings. The fourth-order valence-electron chi connectivity index (χ4n) is 3.41. The lowest BCUT2D eigenvalue weighted by atomic mass is 10.1. The van der Waals surface area contributed by atoms with Crippen molar-refractivity contribution >= 4 is 5.91 Å². The van der Waals surface area contributed by atoms with Crippen molar-refractivity contribution in [2.45, 2.75) is 52.2 Å². The summed E-state index contributed by atoms with van der Waals surface area (Å²) in [5.41, 5.74) is 3.82. The van der Waals surface area contributed by atoms with Crippen LogP contribution in [0.5, 0.6) is 0 Å². The quantitative estimate of drug-likeness (QED) is 0.842. The molecule has 2 heterocycles. The third kappa shape index (κ3) is 4.10. The molecule has 1 aliphatic heterocycles. The Morgan fingerprint density at radius 3 is 2.72 bits per heavy atom. The first-order valence-corrected chi connectivity index (χ1v) is 9.25. The van der Waals surface area contributed by atoms with Crippen LogP contribution in [-0.2, 0) is 24.1 Å². The van der Waals surface area contributed by atoms with Gasteiger partial charge in [-0.2, -0.15) is 5.10 Å². The summed E-state index contributed by atoms with van der Waals surface area (Å²) in [4.78, 5) is 12.8. The largest absolute Gasteiger partial charge is 0.376 e. The first-order valence-electron chi connectivity index (χ1n) is 9.25. The number of nitrogens with one attached hydrogen (secondary N) is 1. The number of carbonyl (C=O) groups excluding carboxylic acids is 1. The normalized spacial score (nSPS) is 17.0. The molecule has 1 aromatic heterocycles. The molecule has 5 nitrogen and oxygen atoms in total. The number of hydrogen-bond donors (Lipinski definition) is 1. The first-order chi connectivity index (χ1) is 12.2. The molecule has 1 saturated heterocycles. The topological polar surface area (TPSA) is 56.2 Å². The third-order valence-electron chi connectivity index (χ3n) is 4.72. The highest BCUT2D eigenvalue weighted by molar-refractivity contribution is 5.96. The standard InChI is InChI=1S/C20H27N3O2/c1-3-17-19(20(24)21-13-16-11-8-12-25-16)18(4-2)23(22-17)14-15-9-6-5-7-10-15/h5-7,9-10,16H,3-4,8,11-14H2,1-2H3,(H,21,24). The van der Waals surface area contributed by atoms with Crippen LogP contribution in [0.2, 0.25) is 0 Å². The Morgan fingerprint density at radius 1 is 1.28 bits per heavy atom. The molecule has 1 atom stereocenters. The average molecular weight is 341 g/mol. The van der Waals surface area contributed by atoms with Crippen molar-refractivity contribution in [2.24, 2.45) is 0 Å². The minimum atomic E-state index is -0.0245. The van der Waals surface area contributed by atoms with Crippen molar-refractivity contribution in [2.75, 3.05) is 13.2 Å². The molecule has 3 rings (SSSR count). The molecule has 0 saturated carbocycles. The molecule has 0 radical (unpaired) electrons. The van der Waals surface area contributed by atoms with Gasteiger partial charge in [0.1, 0.15) is 0 Å². The van der Waals surface area contributed by atoms with Gasteiger partial charge in [0.25, 0.3) is 5.91 Å². The molecule has 25 heavy (non-hydrogen) atoms. The zero-order valence-electron chi connectivity index (χ0n) is 15.1. The summed E-state index contributed by atoms with van der Waals surface area (Å²) < 4.78 is 7.58. The Bertz CT molecular complexity index is 703. The molecule has 5 heteroatoms. The number of amides is 1. The summed E-state index contributed by atoms with van der Waals surface area (Å²) in [6, 6.07) is 10.2. The Balaban J connectivity index is 1.80. The second-order valence-corrected chi connectivity index (χ2v) is 6.46. The predicted octanol–water partition coefficient (Wildman–Crippen LogP) is 2.97. The van der Waals surface area contributed by atoms with E-state index in [-0.39, 0.29) is 12.0 Å². The summed E-state index contributed by atoms with van der Waals surface area (Å²) in [5.74, 6) is -0.0245. The van der Waals surface area contributed by atoms with Gasteiger partial charge >= 0.3 is 0 Å². The monoisotopic (exact) mass is 341 g/mol. The second-order valence-electron chi connectivity index (χ2n) is 6.46. The van der Waals surface area contributed by atoms with Crippen LogP contribution < -0.4 is 5.32 Å². The van der Waals surface area contributed by atoms with E-state index in [2.05, 4.69) is 24.4 Å². The molecular formula is C20H27N3O2. The summed E-state index contributed by atoms with van der Waals surface area (Å²) in [5, 5.41) is 7.77. The van der Waals surface area contributed by atoms with Crippen molar-refractivity contribution in [1.29, 1.82) is 0 Å². The van der Waals surface area contributed by atoms with E-state index in [9.17, 15) is 4.79 Å². The lowest BCUT2D eigenvalue weighted by Gasteiger charge is -2.12. The van der Waals surface area contributed by atoms with Gasteiger partial charge < -0.3 is 10.1 Å². The second kappa shape index (κ2) is 8.30. The highest BCUT2D eigenvalue weighted by Gasteiger charge is 2.23. The Labute approximate surface area is 149 Å². The van der Waals surface area contributed by atoms with E-state index in [1.54, 1.807) is 0 Å². The molecular weight excluding hydrogens is 314 g/mol. The van der Waals surface area contributed by atoms with E-state index >= 15 is 0 Å². The first kappa shape index (κ1) is 17.7. The van der Waals surface area contributed by atoms with Crippen LogP contribution >= 0.6 is 0 Å². The van der Waals surface area contributed by atoms with E-state index in [1.807, 2.05) is 29.8 Å². The van der Waals surface area contributed by atoms with Crippen molar-refractivity contribution in [3.8, 4) is 0 Å². The fraction of sp³-hybridized carbons (Fsp3) is 0.500. The SMILES string of the molecule is CCc1nn(Cc2ccccc2)c(CC)c1C(=O)NCC1CCCO1. The Hall–Kier alpha value is -2.14. The van der Waals surface area contributed by atoms with Gasteiger partial charge in [0.05, 0.1) is 29.6 Å². The van der Waals surface area contributed by atoms with Crippen molar-refractivity contribution in [1.82, 2.24) is 15.1 Å². The van der Waals surface area contributed by atoms with E-state index in [0.717, 1.165) is 49.2 Å². The fourth-order valence-corrected chi connectivity index (χ4v) is 3.41. The van der Waals surface area contributed by atoms with Crippen molar-refractivity contribution < 1.29 is 9.53 Å². The highest BCUT2D eigenvalue weighted by atomic mass is 16.5. The summed E-state index contributed by atoms with van der Waals surface area (Å²) in [6.07, 6.45) is 3.78. The lowest BCUT2D eigenvalue weighted by Crippen LogP contribution is -2.32. The van der Waals surface area contributed by atoms with Crippen LogP contribution in [0.4, 0.5) is 0 Å². The molecule has 1 unspecified atom stereocenters. The predicted molar refractivity (Wildman–Crippen MR) is 97.8 cm³/mol. The summed E-state index contributed by atoms with van der Waals surface area (Å²) >= 11 is 0. The van der Waals surface area contributed by atoms with Gasteiger partial charge in [0, 0.05) is 13.2 Å². The lowest BCUT2D eigenvalue weighted by molar-refractivity contribution is 0.0856. The molecule has 0 spiro atoms. The van der Waals surface area contributed by atoms with Crippen LogP contribution in [0, 0.1) is 0 Å². The molecule has 1 aliphatic rings. The summed E-state index contributed by atoms with van der Waals surface area (Å²) in [6.45, 7) is 6.20. The van der Waals surface area contributed by atoms with Gasteiger partial charge in [-0.25, -0.2) is 0 Å².